The minimum Gasteiger partial charge on any atom is -0.482 e. The normalized spacial score (nSPS) is 20.3. The maximum Gasteiger partial charge on any atom is 0.262 e. The second-order valence-electron chi connectivity index (χ2n) is 6.23. The van der Waals surface area contributed by atoms with Gasteiger partial charge >= 0.3 is 0 Å². The van der Waals surface area contributed by atoms with Gasteiger partial charge in [0.2, 0.25) is 0 Å². The number of carbonyl (C=O) groups is 1. The Balaban J connectivity index is 1.60. The number of carbonyl (C=O) groups excluding carboxylic acids is 1. The summed E-state index contributed by atoms with van der Waals surface area (Å²) in [4.78, 5) is 11.4. The van der Waals surface area contributed by atoms with Crippen LogP contribution in [0.1, 0.15) is 50.6 Å². The number of hydrogen-bond donors (Lipinski definition) is 2. The molecule has 0 aromatic heterocycles. The van der Waals surface area contributed by atoms with Gasteiger partial charge < -0.3 is 15.4 Å². The van der Waals surface area contributed by atoms with Crippen LogP contribution in [0.2, 0.25) is 0 Å². The number of amides is 1. The van der Waals surface area contributed by atoms with E-state index < -0.39 is 0 Å². The Bertz CT molecular complexity index is 510. The maximum atomic E-state index is 11.4. The quantitative estimate of drug-likeness (QED) is 0.894. The molecule has 114 valence electrons. The van der Waals surface area contributed by atoms with Gasteiger partial charge in [-0.25, -0.2) is 0 Å². The van der Waals surface area contributed by atoms with E-state index in [9.17, 15) is 4.79 Å². The molecule has 1 atom stereocenters. The van der Waals surface area contributed by atoms with Gasteiger partial charge in [-0.2, -0.15) is 0 Å². The highest BCUT2D eigenvalue weighted by Crippen LogP contribution is 2.31. The van der Waals surface area contributed by atoms with Crippen LogP contribution in [0.4, 0.5) is 5.69 Å². The van der Waals surface area contributed by atoms with Crippen molar-refractivity contribution in [3.05, 3.63) is 23.8 Å². The van der Waals surface area contributed by atoms with Crippen LogP contribution < -0.4 is 15.4 Å². The zero-order chi connectivity index (χ0) is 14.7. The predicted molar refractivity (Wildman–Crippen MR) is 83.6 cm³/mol. The van der Waals surface area contributed by atoms with E-state index in [4.69, 9.17) is 4.74 Å². The summed E-state index contributed by atoms with van der Waals surface area (Å²) in [6.07, 6.45) is 6.87. The molecule has 1 aliphatic carbocycles. The molecule has 1 unspecified atom stereocenters. The van der Waals surface area contributed by atoms with Crippen molar-refractivity contribution in [3.63, 3.8) is 0 Å². The van der Waals surface area contributed by atoms with E-state index in [2.05, 4.69) is 23.6 Å². The Hall–Kier alpha value is -1.55. The fraction of sp³-hybridized carbons (Fsp3) is 0.588. The standard InChI is InChI=1S/C17H24N2O2/c1-12(18-10-13-5-3-2-4-6-13)14-7-8-16-15(9-14)19-17(20)11-21-16/h7-9,12-13,18H,2-6,10-11H2,1H3,(H,19,20). The largest absolute Gasteiger partial charge is 0.482 e. The molecule has 1 aromatic rings. The van der Waals surface area contributed by atoms with Crippen LogP contribution in [0.15, 0.2) is 18.2 Å². The molecule has 3 rings (SSSR count). The van der Waals surface area contributed by atoms with Gasteiger partial charge in [-0.15, -0.1) is 0 Å². The minimum absolute atomic E-state index is 0.0810. The summed E-state index contributed by atoms with van der Waals surface area (Å²) in [5, 5.41) is 6.50. The lowest BCUT2D eigenvalue weighted by Crippen LogP contribution is -2.28. The van der Waals surface area contributed by atoms with Gasteiger partial charge in [0, 0.05) is 6.04 Å². The summed E-state index contributed by atoms with van der Waals surface area (Å²) in [5.41, 5.74) is 1.98. The Morgan fingerprint density at radius 3 is 2.95 bits per heavy atom. The first-order chi connectivity index (χ1) is 10.2. The number of hydrogen-bond acceptors (Lipinski definition) is 3. The molecular formula is C17H24N2O2. The SMILES string of the molecule is CC(NCC1CCCCC1)c1ccc2c(c1)NC(=O)CO2. The molecule has 1 fully saturated rings. The molecule has 0 bridgehead atoms. The summed E-state index contributed by atoms with van der Waals surface area (Å²) in [6.45, 7) is 3.37. The highest BCUT2D eigenvalue weighted by molar-refractivity contribution is 5.95. The number of fused-ring (bicyclic) bond motifs is 1. The third-order valence-corrected chi connectivity index (χ3v) is 4.57. The molecule has 2 aliphatic rings. The number of rotatable bonds is 4. The van der Waals surface area contributed by atoms with Crippen LogP contribution in [-0.4, -0.2) is 19.1 Å². The minimum atomic E-state index is -0.0810. The van der Waals surface area contributed by atoms with Crippen molar-refractivity contribution in [1.29, 1.82) is 0 Å². The fourth-order valence-corrected chi connectivity index (χ4v) is 3.22. The summed E-state index contributed by atoms with van der Waals surface area (Å²) in [7, 11) is 0. The lowest BCUT2D eigenvalue weighted by Gasteiger charge is -2.25. The summed E-state index contributed by atoms with van der Waals surface area (Å²) >= 11 is 0. The maximum absolute atomic E-state index is 11.4. The van der Waals surface area contributed by atoms with E-state index in [0.717, 1.165) is 23.9 Å². The summed E-state index contributed by atoms with van der Waals surface area (Å²) in [6, 6.07) is 6.33. The highest BCUT2D eigenvalue weighted by Gasteiger charge is 2.18. The van der Waals surface area contributed by atoms with Crippen molar-refractivity contribution in [1.82, 2.24) is 5.32 Å². The third kappa shape index (κ3) is 3.56. The molecule has 0 radical (unpaired) electrons. The third-order valence-electron chi connectivity index (χ3n) is 4.57. The lowest BCUT2D eigenvalue weighted by atomic mass is 9.89. The molecule has 1 aliphatic heterocycles. The topological polar surface area (TPSA) is 50.4 Å². The van der Waals surface area contributed by atoms with E-state index in [-0.39, 0.29) is 18.6 Å². The van der Waals surface area contributed by atoms with Gasteiger partial charge in [0.15, 0.2) is 6.61 Å². The first kappa shape index (κ1) is 14.4. The van der Waals surface area contributed by atoms with E-state index in [1.165, 1.54) is 37.7 Å². The van der Waals surface area contributed by atoms with Gasteiger partial charge in [-0.3, -0.25) is 4.79 Å². The average molecular weight is 288 g/mol. The molecule has 21 heavy (non-hydrogen) atoms. The van der Waals surface area contributed by atoms with Crippen LogP contribution in [0.5, 0.6) is 5.75 Å². The van der Waals surface area contributed by atoms with Gasteiger partial charge in [0.05, 0.1) is 5.69 Å². The molecule has 2 N–H and O–H groups in total. The molecule has 4 nitrogen and oxygen atoms in total. The zero-order valence-electron chi connectivity index (χ0n) is 12.7. The van der Waals surface area contributed by atoms with Crippen molar-refractivity contribution >= 4 is 11.6 Å². The fourth-order valence-electron chi connectivity index (χ4n) is 3.22. The molecule has 4 heteroatoms. The number of anilines is 1. The van der Waals surface area contributed by atoms with Crippen LogP contribution in [-0.2, 0) is 4.79 Å². The molecule has 0 saturated heterocycles. The Morgan fingerprint density at radius 2 is 2.14 bits per heavy atom. The van der Waals surface area contributed by atoms with Gasteiger partial charge in [-0.1, -0.05) is 25.3 Å². The van der Waals surface area contributed by atoms with Crippen molar-refractivity contribution in [2.24, 2.45) is 5.92 Å². The van der Waals surface area contributed by atoms with Crippen LogP contribution in [0, 0.1) is 5.92 Å². The molecule has 1 saturated carbocycles. The van der Waals surface area contributed by atoms with E-state index in [1.807, 2.05) is 12.1 Å². The number of nitrogens with one attached hydrogen (secondary N) is 2. The smallest absolute Gasteiger partial charge is 0.262 e. The second kappa shape index (κ2) is 6.48. The molecular weight excluding hydrogens is 264 g/mol. The zero-order valence-corrected chi connectivity index (χ0v) is 12.7. The lowest BCUT2D eigenvalue weighted by molar-refractivity contribution is -0.118. The van der Waals surface area contributed by atoms with E-state index in [1.54, 1.807) is 0 Å². The van der Waals surface area contributed by atoms with Crippen LogP contribution in [0.25, 0.3) is 0 Å². The van der Waals surface area contributed by atoms with Crippen LogP contribution in [0.3, 0.4) is 0 Å². The number of ether oxygens (including phenoxy) is 1. The van der Waals surface area contributed by atoms with Gasteiger partial charge in [-0.05, 0) is 49.9 Å². The van der Waals surface area contributed by atoms with Crippen molar-refractivity contribution in [2.75, 3.05) is 18.5 Å². The predicted octanol–water partition coefficient (Wildman–Crippen LogP) is 3.25. The summed E-state index contributed by atoms with van der Waals surface area (Å²) in [5.74, 6) is 1.50. The number of benzene rings is 1. The first-order valence-corrected chi connectivity index (χ1v) is 8.02. The Labute approximate surface area is 126 Å². The second-order valence-corrected chi connectivity index (χ2v) is 6.23. The van der Waals surface area contributed by atoms with E-state index >= 15 is 0 Å². The molecule has 0 spiro atoms. The van der Waals surface area contributed by atoms with Crippen molar-refractivity contribution < 1.29 is 9.53 Å². The monoisotopic (exact) mass is 288 g/mol. The van der Waals surface area contributed by atoms with Crippen LogP contribution >= 0.6 is 0 Å². The summed E-state index contributed by atoms with van der Waals surface area (Å²) < 4.78 is 5.39. The first-order valence-electron chi connectivity index (χ1n) is 8.02. The van der Waals surface area contributed by atoms with Crippen molar-refractivity contribution in [3.8, 4) is 5.75 Å². The molecule has 1 aromatic carbocycles. The van der Waals surface area contributed by atoms with Gasteiger partial charge in [0.1, 0.15) is 5.75 Å². The Morgan fingerprint density at radius 1 is 1.33 bits per heavy atom. The van der Waals surface area contributed by atoms with Crippen molar-refractivity contribution in [2.45, 2.75) is 45.1 Å². The molecule has 1 amide bonds. The van der Waals surface area contributed by atoms with Gasteiger partial charge in [0.25, 0.3) is 5.91 Å². The Kier molecular flexibility index (Phi) is 4.44. The highest BCUT2D eigenvalue weighted by atomic mass is 16.5. The molecule has 1 heterocycles. The average Bonchev–Trinajstić information content (AvgIpc) is 2.53. The van der Waals surface area contributed by atoms with E-state index in [0.29, 0.717) is 0 Å².